The Bertz CT molecular complexity index is 784. The number of nitrogens with zero attached hydrogens (tertiary/aromatic N) is 3. The number of aromatic amines is 1. The molecule has 2 aromatic heterocycles. The standard InChI is InChI=1S/C14H14N4O.C2H6/c1-9-3-5-11(6-4-9)7-13-16-14(19)12-8-15-10(2)18(12)17-13;1-2/h3-6,8H,7H2,1-2H3,(H,16,17,19);1-2H3. The average molecular weight is 284 g/mol. The van der Waals surface area contributed by atoms with Gasteiger partial charge in [-0.05, 0) is 19.4 Å². The van der Waals surface area contributed by atoms with E-state index in [0.29, 0.717) is 23.6 Å². The molecule has 0 bridgehead atoms. The van der Waals surface area contributed by atoms with Crippen LogP contribution in [0, 0.1) is 13.8 Å². The maximum Gasteiger partial charge on any atom is 0.276 e. The monoisotopic (exact) mass is 284 g/mol. The Hall–Kier alpha value is -2.43. The van der Waals surface area contributed by atoms with E-state index < -0.39 is 0 Å². The summed E-state index contributed by atoms with van der Waals surface area (Å²) in [5.41, 5.74) is 2.65. The van der Waals surface area contributed by atoms with Crippen LogP contribution in [0.15, 0.2) is 35.3 Å². The van der Waals surface area contributed by atoms with Crippen molar-refractivity contribution in [3.63, 3.8) is 0 Å². The highest BCUT2D eigenvalue weighted by molar-refractivity contribution is 5.41. The lowest BCUT2D eigenvalue weighted by atomic mass is 10.1. The first-order valence-electron chi connectivity index (χ1n) is 7.12. The third-order valence-electron chi connectivity index (χ3n) is 3.11. The normalized spacial score (nSPS) is 10.3. The molecule has 3 rings (SSSR count). The van der Waals surface area contributed by atoms with Crippen LogP contribution in [0.4, 0.5) is 0 Å². The highest BCUT2D eigenvalue weighted by Gasteiger charge is 2.07. The van der Waals surface area contributed by atoms with Gasteiger partial charge in [-0.3, -0.25) is 4.79 Å². The van der Waals surface area contributed by atoms with Gasteiger partial charge in [0.2, 0.25) is 0 Å². The molecule has 110 valence electrons. The second-order valence-electron chi connectivity index (χ2n) is 4.67. The number of aryl methyl sites for hydroxylation is 2. The van der Waals surface area contributed by atoms with E-state index in [-0.39, 0.29) is 5.56 Å². The quantitative estimate of drug-likeness (QED) is 0.787. The minimum Gasteiger partial charge on any atom is -0.307 e. The van der Waals surface area contributed by atoms with Gasteiger partial charge < -0.3 is 4.98 Å². The number of H-pyrrole nitrogens is 1. The Morgan fingerprint density at radius 2 is 1.81 bits per heavy atom. The van der Waals surface area contributed by atoms with Gasteiger partial charge in [0.15, 0.2) is 5.52 Å². The molecule has 21 heavy (non-hydrogen) atoms. The zero-order chi connectivity index (χ0) is 15.4. The predicted octanol–water partition coefficient (Wildman–Crippen LogP) is 2.65. The fourth-order valence-electron chi connectivity index (χ4n) is 2.04. The lowest BCUT2D eigenvalue weighted by Crippen LogP contribution is -2.16. The number of hydrogen-bond acceptors (Lipinski definition) is 3. The van der Waals surface area contributed by atoms with Crippen molar-refractivity contribution in [2.75, 3.05) is 0 Å². The molecule has 0 aliphatic heterocycles. The number of hydrogen-bond donors (Lipinski definition) is 1. The maximum absolute atomic E-state index is 11.9. The molecule has 2 heterocycles. The minimum absolute atomic E-state index is 0.155. The molecule has 5 heteroatoms. The molecule has 1 aromatic carbocycles. The first-order valence-corrected chi connectivity index (χ1v) is 7.12. The number of benzene rings is 1. The third-order valence-corrected chi connectivity index (χ3v) is 3.11. The average Bonchev–Trinajstić information content (AvgIpc) is 2.86. The van der Waals surface area contributed by atoms with Crippen molar-refractivity contribution < 1.29 is 0 Å². The molecule has 1 N–H and O–H groups in total. The van der Waals surface area contributed by atoms with Gasteiger partial charge >= 0.3 is 0 Å². The van der Waals surface area contributed by atoms with E-state index in [1.165, 1.54) is 11.8 Å². The van der Waals surface area contributed by atoms with Crippen LogP contribution in [0.2, 0.25) is 0 Å². The van der Waals surface area contributed by atoms with Gasteiger partial charge in [0.05, 0.1) is 6.20 Å². The van der Waals surface area contributed by atoms with Crippen LogP contribution in [0.1, 0.15) is 36.6 Å². The molecule has 3 aromatic rings. The summed E-state index contributed by atoms with van der Waals surface area (Å²) in [6, 6.07) is 8.18. The highest BCUT2D eigenvalue weighted by Crippen LogP contribution is 2.07. The van der Waals surface area contributed by atoms with Crippen molar-refractivity contribution in [3.05, 3.63) is 63.6 Å². The van der Waals surface area contributed by atoms with Gasteiger partial charge in [0.25, 0.3) is 5.56 Å². The topological polar surface area (TPSA) is 63.1 Å². The van der Waals surface area contributed by atoms with Gasteiger partial charge in [-0.1, -0.05) is 43.7 Å². The first-order chi connectivity index (χ1) is 10.1. The van der Waals surface area contributed by atoms with Crippen LogP contribution in [-0.2, 0) is 6.42 Å². The summed E-state index contributed by atoms with van der Waals surface area (Å²) in [6.07, 6.45) is 2.14. The van der Waals surface area contributed by atoms with Gasteiger partial charge in [0.1, 0.15) is 11.6 Å². The summed E-state index contributed by atoms with van der Waals surface area (Å²) in [6.45, 7) is 7.87. The SMILES string of the molecule is CC.Cc1ccc(Cc2nn3c(C)ncc3c(=O)[nH]2)cc1. The Morgan fingerprint density at radius 3 is 2.48 bits per heavy atom. The van der Waals surface area contributed by atoms with Gasteiger partial charge in [-0.2, -0.15) is 5.10 Å². The molecule has 0 fully saturated rings. The summed E-state index contributed by atoms with van der Waals surface area (Å²) in [4.78, 5) is 18.8. The second-order valence-corrected chi connectivity index (χ2v) is 4.67. The van der Waals surface area contributed by atoms with Gasteiger partial charge in [0, 0.05) is 6.42 Å². The molecule has 5 nitrogen and oxygen atoms in total. The lowest BCUT2D eigenvalue weighted by molar-refractivity contribution is 0.784. The van der Waals surface area contributed by atoms with Crippen LogP contribution in [-0.4, -0.2) is 19.6 Å². The summed E-state index contributed by atoms with van der Waals surface area (Å²) in [7, 11) is 0. The van der Waals surface area contributed by atoms with Crippen molar-refractivity contribution >= 4 is 5.52 Å². The van der Waals surface area contributed by atoms with Crippen LogP contribution < -0.4 is 5.56 Å². The molecular formula is C16H20N4O. The van der Waals surface area contributed by atoms with Crippen LogP contribution >= 0.6 is 0 Å². The molecule has 0 atom stereocenters. The van der Waals surface area contributed by atoms with E-state index in [9.17, 15) is 4.79 Å². The number of rotatable bonds is 2. The molecule has 0 saturated carbocycles. The van der Waals surface area contributed by atoms with Crippen LogP contribution in [0.3, 0.4) is 0 Å². The smallest absolute Gasteiger partial charge is 0.276 e. The summed E-state index contributed by atoms with van der Waals surface area (Å²) < 4.78 is 1.59. The van der Waals surface area contributed by atoms with E-state index in [4.69, 9.17) is 0 Å². The van der Waals surface area contributed by atoms with E-state index >= 15 is 0 Å². The summed E-state index contributed by atoms with van der Waals surface area (Å²) in [5, 5.41) is 4.41. The number of nitrogens with one attached hydrogen (secondary N) is 1. The number of imidazole rings is 1. The fourth-order valence-corrected chi connectivity index (χ4v) is 2.04. The Labute approximate surface area is 123 Å². The molecule has 0 saturated heterocycles. The summed E-state index contributed by atoms with van der Waals surface area (Å²) in [5.74, 6) is 1.36. The molecule has 0 spiro atoms. The van der Waals surface area contributed by atoms with E-state index in [1.807, 2.05) is 39.8 Å². The van der Waals surface area contributed by atoms with Crippen molar-refractivity contribution in [2.24, 2.45) is 0 Å². The van der Waals surface area contributed by atoms with Crippen LogP contribution in [0.5, 0.6) is 0 Å². The van der Waals surface area contributed by atoms with Gasteiger partial charge in [-0.15, -0.1) is 0 Å². The summed E-state index contributed by atoms with van der Waals surface area (Å²) >= 11 is 0. The molecular weight excluding hydrogens is 264 g/mol. The lowest BCUT2D eigenvalue weighted by Gasteiger charge is -2.03. The second kappa shape index (κ2) is 6.35. The number of aromatic nitrogens is 4. The zero-order valence-electron chi connectivity index (χ0n) is 12.8. The van der Waals surface area contributed by atoms with Crippen molar-refractivity contribution in [1.82, 2.24) is 19.6 Å². The molecule has 0 unspecified atom stereocenters. The molecule has 0 amide bonds. The largest absolute Gasteiger partial charge is 0.307 e. The van der Waals surface area contributed by atoms with E-state index in [0.717, 1.165) is 5.56 Å². The van der Waals surface area contributed by atoms with Gasteiger partial charge in [-0.25, -0.2) is 9.50 Å². The molecule has 0 aliphatic carbocycles. The Balaban J connectivity index is 0.000000774. The molecule has 0 aliphatic rings. The van der Waals surface area contributed by atoms with Crippen molar-refractivity contribution in [2.45, 2.75) is 34.1 Å². The van der Waals surface area contributed by atoms with E-state index in [2.05, 4.69) is 27.2 Å². The predicted molar refractivity (Wildman–Crippen MR) is 83.7 cm³/mol. The zero-order valence-corrected chi connectivity index (χ0v) is 12.8. The first kappa shape index (κ1) is 15.0. The third kappa shape index (κ3) is 3.18. The Morgan fingerprint density at radius 1 is 1.14 bits per heavy atom. The van der Waals surface area contributed by atoms with Crippen molar-refractivity contribution in [1.29, 1.82) is 0 Å². The number of fused-ring (bicyclic) bond motifs is 1. The van der Waals surface area contributed by atoms with Crippen molar-refractivity contribution in [3.8, 4) is 0 Å². The van der Waals surface area contributed by atoms with Crippen LogP contribution in [0.25, 0.3) is 5.52 Å². The van der Waals surface area contributed by atoms with E-state index in [1.54, 1.807) is 4.52 Å². The molecule has 0 radical (unpaired) electrons. The minimum atomic E-state index is -0.155. The Kier molecular flexibility index (Phi) is 4.52. The fraction of sp³-hybridized carbons (Fsp3) is 0.312. The maximum atomic E-state index is 11.9. The highest BCUT2D eigenvalue weighted by atomic mass is 16.1.